The minimum absolute atomic E-state index is 0.0415. The second kappa shape index (κ2) is 8.51. The number of halogens is 1. The van der Waals surface area contributed by atoms with Crippen LogP contribution in [0.25, 0.3) is 10.9 Å². The fraction of sp³-hybridized carbons (Fsp3) is 0.200. The molecule has 1 aliphatic rings. The normalized spacial score (nSPS) is 14.6. The van der Waals surface area contributed by atoms with Crippen molar-refractivity contribution in [2.24, 2.45) is 16.8 Å². The van der Waals surface area contributed by atoms with E-state index < -0.39 is 17.5 Å². The van der Waals surface area contributed by atoms with Crippen molar-refractivity contribution in [3.05, 3.63) is 54.1 Å². The highest BCUT2D eigenvalue weighted by molar-refractivity contribution is 6.45. The number of para-hydroxylation sites is 1. The molecule has 1 aliphatic heterocycles. The number of hydrogen-bond donors (Lipinski definition) is 4. The highest BCUT2D eigenvalue weighted by atomic mass is 19.1. The number of hydrazine groups is 1. The van der Waals surface area contributed by atoms with E-state index in [1.54, 1.807) is 0 Å². The second-order valence-corrected chi connectivity index (χ2v) is 7.19. The minimum atomic E-state index is -0.827. The molecule has 0 spiro atoms. The number of hydrazone groups is 1. The molecule has 11 nitrogen and oxygen atoms in total. The number of nitrogens with zero attached hydrogens (tertiary/aromatic N) is 5. The molecule has 0 bridgehead atoms. The van der Waals surface area contributed by atoms with Crippen molar-refractivity contribution in [2.75, 3.05) is 36.9 Å². The maximum Gasteiger partial charge on any atom is 0.295 e. The van der Waals surface area contributed by atoms with Crippen LogP contribution in [0.2, 0.25) is 0 Å². The van der Waals surface area contributed by atoms with Gasteiger partial charge in [-0.2, -0.15) is 0 Å². The molecule has 2 aromatic heterocycles. The smallest absolute Gasteiger partial charge is 0.295 e. The third-order valence-corrected chi connectivity index (χ3v) is 5.35. The van der Waals surface area contributed by atoms with Gasteiger partial charge in [-0.1, -0.05) is 18.2 Å². The minimum Gasteiger partial charge on any atom is -0.382 e. The van der Waals surface area contributed by atoms with Gasteiger partial charge in [0.1, 0.15) is 5.82 Å². The Bertz CT molecular complexity index is 1190. The largest absolute Gasteiger partial charge is 0.382 e. The number of carbonyl (C=O) groups excluding carboxylic acids is 2. The Morgan fingerprint density at radius 1 is 1.12 bits per heavy atom. The molecule has 0 aliphatic carbocycles. The van der Waals surface area contributed by atoms with Crippen LogP contribution in [0.1, 0.15) is 10.4 Å². The van der Waals surface area contributed by atoms with Crippen molar-refractivity contribution in [3.8, 4) is 0 Å². The number of ketones is 1. The number of piperazine rings is 1. The quantitative estimate of drug-likeness (QED) is 0.112. The number of H-pyrrole nitrogens is 1. The molecule has 12 heteroatoms. The lowest BCUT2D eigenvalue weighted by Crippen LogP contribution is -2.57. The van der Waals surface area contributed by atoms with E-state index in [0.717, 1.165) is 6.20 Å². The number of nitrogens with two attached hydrogens (primary N) is 3. The van der Waals surface area contributed by atoms with E-state index in [0.29, 0.717) is 24.7 Å². The number of pyridine rings is 1. The van der Waals surface area contributed by atoms with Crippen LogP contribution in [0.15, 0.2) is 47.8 Å². The second-order valence-electron chi connectivity index (χ2n) is 7.19. The van der Waals surface area contributed by atoms with Crippen LogP contribution in [0, 0.1) is 5.82 Å². The average molecular weight is 439 g/mol. The lowest BCUT2D eigenvalue weighted by Gasteiger charge is -2.38. The summed E-state index contributed by atoms with van der Waals surface area (Å²) in [6.45, 7) is 1.19. The van der Waals surface area contributed by atoms with Gasteiger partial charge in [0.25, 0.3) is 11.7 Å². The number of fused-ring (bicyclic) bond motifs is 1. The summed E-state index contributed by atoms with van der Waals surface area (Å²) in [6.07, 6.45) is 2.19. The third-order valence-electron chi connectivity index (χ3n) is 5.35. The molecular formula is C20H22FN9O2. The third kappa shape index (κ3) is 3.67. The zero-order valence-corrected chi connectivity index (χ0v) is 17.0. The van der Waals surface area contributed by atoms with Gasteiger partial charge < -0.3 is 26.4 Å². The summed E-state index contributed by atoms with van der Waals surface area (Å²) in [7, 11) is 0. The number of benzene rings is 1. The molecule has 166 valence electrons. The van der Waals surface area contributed by atoms with E-state index >= 15 is 0 Å². The molecule has 0 unspecified atom stereocenters. The van der Waals surface area contributed by atoms with Gasteiger partial charge in [0, 0.05) is 32.4 Å². The fourth-order valence-electron chi connectivity index (χ4n) is 3.68. The Kier molecular flexibility index (Phi) is 5.60. The monoisotopic (exact) mass is 439 g/mol. The van der Waals surface area contributed by atoms with Gasteiger partial charge in [0.15, 0.2) is 5.82 Å². The van der Waals surface area contributed by atoms with Gasteiger partial charge in [0.05, 0.1) is 28.4 Å². The highest BCUT2D eigenvalue weighted by Gasteiger charge is 2.31. The van der Waals surface area contributed by atoms with Crippen molar-refractivity contribution < 1.29 is 14.0 Å². The first-order valence-corrected chi connectivity index (χ1v) is 9.79. The van der Waals surface area contributed by atoms with Crippen LogP contribution >= 0.6 is 0 Å². The zero-order valence-electron chi connectivity index (χ0n) is 17.0. The van der Waals surface area contributed by atoms with E-state index in [-0.39, 0.29) is 35.4 Å². The average Bonchev–Trinajstić information content (AvgIpc) is 3.28. The zero-order chi connectivity index (χ0) is 22.8. The van der Waals surface area contributed by atoms with Gasteiger partial charge >= 0.3 is 0 Å². The number of anilines is 2. The lowest BCUT2D eigenvalue weighted by atomic mass is 10.1. The van der Waals surface area contributed by atoms with E-state index in [1.807, 2.05) is 35.2 Å². The summed E-state index contributed by atoms with van der Waals surface area (Å²) in [5.74, 6) is 9.80. The summed E-state index contributed by atoms with van der Waals surface area (Å²) in [5.41, 5.74) is 6.52. The first-order chi connectivity index (χ1) is 15.4. The van der Waals surface area contributed by atoms with Crippen LogP contribution < -0.4 is 22.4 Å². The predicted molar refractivity (Wildman–Crippen MR) is 118 cm³/mol. The Labute approximate surface area is 182 Å². The van der Waals surface area contributed by atoms with Crippen molar-refractivity contribution in [1.82, 2.24) is 19.8 Å². The van der Waals surface area contributed by atoms with Crippen LogP contribution in [-0.2, 0) is 4.79 Å². The summed E-state index contributed by atoms with van der Waals surface area (Å²) in [4.78, 5) is 35.3. The number of carbonyl (C=O) groups is 2. The van der Waals surface area contributed by atoms with Crippen LogP contribution in [0.3, 0.4) is 0 Å². The van der Waals surface area contributed by atoms with E-state index in [1.165, 1.54) is 16.1 Å². The molecule has 1 amide bonds. The number of aromatic amines is 1. The first kappa shape index (κ1) is 21.1. The number of rotatable bonds is 3. The number of amides is 1. The number of nitrogen functional groups attached to an aromatic ring is 1. The van der Waals surface area contributed by atoms with E-state index in [2.05, 4.69) is 15.1 Å². The van der Waals surface area contributed by atoms with Crippen molar-refractivity contribution in [3.63, 3.8) is 0 Å². The predicted octanol–water partition coefficient (Wildman–Crippen LogP) is 0.221. The molecule has 7 N–H and O–H groups in total. The number of aromatic nitrogens is 2. The van der Waals surface area contributed by atoms with Crippen LogP contribution in [-0.4, -0.2) is 63.6 Å². The molecule has 0 atom stereocenters. The van der Waals surface area contributed by atoms with Crippen LogP contribution in [0.4, 0.5) is 15.9 Å². The molecule has 0 radical (unpaired) electrons. The van der Waals surface area contributed by atoms with Gasteiger partial charge in [-0.3, -0.25) is 9.59 Å². The summed E-state index contributed by atoms with van der Waals surface area (Å²) in [6, 6.07) is 9.16. The molecule has 1 aromatic carbocycles. The molecule has 3 heterocycles. The van der Waals surface area contributed by atoms with E-state index in [9.17, 15) is 14.0 Å². The van der Waals surface area contributed by atoms with Gasteiger partial charge in [-0.05, 0) is 12.1 Å². The van der Waals surface area contributed by atoms with E-state index in [4.69, 9.17) is 17.4 Å². The molecular weight excluding hydrogens is 417 g/mol. The maximum atomic E-state index is 14.3. The Hall–Kier alpha value is -4.19. The summed E-state index contributed by atoms with van der Waals surface area (Å²) >= 11 is 0. The molecule has 0 saturated carbocycles. The Morgan fingerprint density at radius 2 is 1.78 bits per heavy atom. The van der Waals surface area contributed by atoms with Gasteiger partial charge in [-0.25, -0.2) is 20.2 Å². The molecule has 1 saturated heterocycles. The van der Waals surface area contributed by atoms with Gasteiger partial charge in [-0.15, -0.1) is 5.10 Å². The molecule has 4 rings (SSSR count). The highest BCUT2D eigenvalue weighted by Crippen LogP contribution is 2.25. The Balaban J connectivity index is 1.46. The topological polar surface area (TPSA) is 163 Å². The first-order valence-electron chi connectivity index (χ1n) is 9.79. The van der Waals surface area contributed by atoms with Crippen LogP contribution in [0.5, 0.6) is 0 Å². The fourth-order valence-corrected chi connectivity index (χ4v) is 3.68. The molecule has 1 fully saturated rings. The Morgan fingerprint density at radius 3 is 2.44 bits per heavy atom. The number of guanidine groups is 1. The van der Waals surface area contributed by atoms with Crippen molar-refractivity contribution >= 4 is 40.1 Å². The van der Waals surface area contributed by atoms with Gasteiger partial charge in [0.2, 0.25) is 5.96 Å². The molecule has 3 aromatic rings. The lowest BCUT2D eigenvalue weighted by molar-refractivity contribution is -0.127. The van der Waals surface area contributed by atoms with Crippen molar-refractivity contribution in [1.29, 1.82) is 0 Å². The number of hydrogen-bond acceptors (Lipinski definition) is 7. The number of Topliss-reactive ketones (excluding diaryl/α,β-unsaturated/α-hetero) is 1. The summed E-state index contributed by atoms with van der Waals surface area (Å²) < 4.78 is 14.3. The number of nitrogens with one attached hydrogen (secondary N) is 1. The maximum absolute atomic E-state index is 14.3. The SMILES string of the molecule is N/N=C(/N1CCN(C(=O)C(=O)c2c[nH]c3c(N)ncc(F)c23)CC1)N(N)c1ccccc1. The molecule has 32 heavy (non-hydrogen) atoms. The summed E-state index contributed by atoms with van der Waals surface area (Å²) in [5, 5.41) is 5.10. The van der Waals surface area contributed by atoms with Crippen molar-refractivity contribution in [2.45, 2.75) is 0 Å². The standard InChI is InChI=1S/C20H22FN9O2/c21-14-11-26-18(22)16-15(14)13(10-25-16)17(31)19(32)28-6-8-29(9-7-28)20(27-23)30(24)12-4-2-1-3-5-12/h1-5,10-11,25H,6-9,23-24H2,(H2,22,26)/b27-20-.